The summed E-state index contributed by atoms with van der Waals surface area (Å²) >= 11 is 0. The number of nitrogens with zero attached hydrogens (tertiary/aromatic N) is 3. The Morgan fingerprint density at radius 2 is 1.62 bits per heavy atom. The third-order valence-electron chi connectivity index (χ3n) is 4.01. The first-order valence-corrected chi connectivity index (χ1v) is 7.10. The molecule has 2 aromatic heterocycles. The molecule has 2 heterocycles. The van der Waals surface area contributed by atoms with Crippen LogP contribution in [0.1, 0.15) is 18.5 Å². The van der Waals surface area contributed by atoms with Crippen LogP contribution in [0, 0.1) is 0 Å². The van der Waals surface area contributed by atoms with Crippen LogP contribution in [0.5, 0.6) is 0 Å². The predicted octanol–water partition coefficient (Wildman–Crippen LogP) is 4.19. The van der Waals surface area contributed by atoms with Crippen LogP contribution >= 0.6 is 0 Å². The SMILES string of the molecule is CC(c1ccccc1)n1cnc2cnc3ccccc3c21. The van der Waals surface area contributed by atoms with E-state index in [-0.39, 0.29) is 6.04 Å². The van der Waals surface area contributed by atoms with Gasteiger partial charge in [0.15, 0.2) is 0 Å². The maximum atomic E-state index is 4.52. The van der Waals surface area contributed by atoms with Crippen molar-refractivity contribution >= 4 is 21.9 Å². The molecule has 3 nitrogen and oxygen atoms in total. The molecule has 0 saturated heterocycles. The van der Waals surface area contributed by atoms with Gasteiger partial charge in [-0.2, -0.15) is 0 Å². The molecule has 2 aromatic carbocycles. The van der Waals surface area contributed by atoms with Crippen LogP contribution in [0.3, 0.4) is 0 Å². The Hall–Kier alpha value is -2.68. The summed E-state index contributed by atoms with van der Waals surface area (Å²) in [6.07, 6.45) is 3.77. The highest BCUT2D eigenvalue weighted by Crippen LogP contribution is 2.27. The first-order valence-electron chi connectivity index (χ1n) is 7.10. The van der Waals surface area contributed by atoms with Crippen molar-refractivity contribution in [1.82, 2.24) is 14.5 Å². The van der Waals surface area contributed by atoms with Crippen LogP contribution in [0.25, 0.3) is 21.9 Å². The smallest absolute Gasteiger partial charge is 0.107 e. The van der Waals surface area contributed by atoms with E-state index in [1.54, 1.807) is 0 Å². The number of hydrogen-bond acceptors (Lipinski definition) is 2. The fourth-order valence-electron chi connectivity index (χ4n) is 2.85. The molecule has 0 bridgehead atoms. The summed E-state index contributed by atoms with van der Waals surface area (Å²) in [5.41, 5.74) is 4.37. The molecule has 0 spiro atoms. The fourth-order valence-corrected chi connectivity index (χ4v) is 2.85. The summed E-state index contributed by atoms with van der Waals surface area (Å²) in [5.74, 6) is 0. The number of pyridine rings is 1. The molecule has 0 N–H and O–H groups in total. The molecule has 102 valence electrons. The number of para-hydroxylation sites is 1. The molecule has 3 heteroatoms. The minimum absolute atomic E-state index is 0.238. The van der Waals surface area contributed by atoms with E-state index < -0.39 is 0 Å². The van der Waals surface area contributed by atoms with Gasteiger partial charge in [-0.25, -0.2) is 4.98 Å². The van der Waals surface area contributed by atoms with Gasteiger partial charge in [-0.15, -0.1) is 0 Å². The molecule has 0 amide bonds. The van der Waals surface area contributed by atoms with Gasteiger partial charge in [0.05, 0.1) is 29.6 Å². The molecule has 1 atom stereocenters. The van der Waals surface area contributed by atoms with Gasteiger partial charge in [0.2, 0.25) is 0 Å². The monoisotopic (exact) mass is 273 g/mol. The van der Waals surface area contributed by atoms with Crippen molar-refractivity contribution in [3.05, 3.63) is 72.7 Å². The highest BCUT2D eigenvalue weighted by atomic mass is 15.1. The van der Waals surface area contributed by atoms with Crippen molar-refractivity contribution in [3.8, 4) is 0 Å². The van der Waals surface area contributed by atoms with E-state index in [1.807, 2.05) is 36.8 Å². The molecule has 0 aliphatic carbocycles. The molecule has 4 rings (SSSR count). The van der Waals surface area contributed by atoms with Crippen molar-refractivity contribution in [2.45, 2.75) is 13.0 Å². The minimum Gasteiger partial charge on any atom is -0.323 e. The topological polar surface area (TPSA) is 30.7 Å². The summed E-state index contributed by atoms with van der Waals surface area (Å²) in [5, 5.41) is 1.15. The van der Waals surface area contributed by atoms with Crippen LogP contribution in [0.4, 0.5) is 0 Å². The van der Waals surface area contributed by atoms with Crippen molar-refractivity contribution in [2.75, 3.05) is 0 Å². The second kappa shape index (κ2) is 4.70. The Morgan fingerprint density at radius 1 is 0.857 bits per heavy atom. The molecule has 0 radical (unpaired) electrons. The van der Waals surface area contributed by atoms with Gasteiger partial charge in [0, 0.05) is 5.39 Å². The molecule has 1 unspecified atom stereocenters. The zero-order valence-corrected chi connectivity index (χ0v) is 11.8. The number of fused-ring (bicyclic) bond motifs is 3. The molecule has 0 fully saturated rings. The van der Waals surface area contributed by atoms with Gasteiger partial charge in [-0.3, -0.25) is 4.98 Å². The lowest BCUT2D eigenvalue weighted by molar-refractivity contribution is 0.659. The second-order valence-electron chi connectivity index (χ2n) is 5.25. The first-order chi connectivity index (χ1) is 10.3. The van der Waals surface area contributed by atoms with E-state index >= 15 is 0 Å². The van der Waals surface area contributed by atoms with Crippen molar-refractivity contribution in [2.24, 2.45) is 0 Å². The molecular formula is C18H15N3. The third kappa shape index (κ3) is 1.89. The van der Waals surface area contributed by atoms with E-state index in [9.17, 15) is 0 Å². The molecule has 0 aliphatic heterocycles. The van der Waals surface area contributed by atoms with Crippen LogP contribution in [0.2, 0.25) is 0 Å². The molecular weight excluding hydrogens is 258 g/mol. The average molecular weight is 273 g/mol. The number of hydrogen-bond donors (Lipinski definition) is 0. The van der Waals surface area contributed by atoms with Crippen molar-refractivity contribution in [3.63, 3.8) is 0 Å². The maximum Gasteiger partial charge on any atom is 0.107 e. The predicted molar refractivity (Wildman–Crippen MR) is 85.3 cm³/mol. The van der Waals surface area contributed by atoms with Gasteiger partial charge in [0.25, 0.3) is 0 Å². The van der Waals surface area contributed by atoms with E-state index in [4.69, 9.17) is 0 Å². The lowest BCUT2D eigenvalue weighted by atomic mass is 10.1. The quantitative estimate of drug-likeness (QED) is 0.548. The number of rotatable bonds is 2. The van der Waals surface area contributed by atoms with Gasteiger partial charge < -0.3 is 4.57 Å². The highest BCUT2D eigenvalue weighted by Gasteiger charge is 2.13. The minimum atomic E-state index is 0.238. The third-order valence-corrected chi connectivity index (χ3v) is 4.01. The fraction of sp³-hybridized carbons (Fsp3) is 0.111. The van der Waals surface area contributed by atoms with Gasteiger partial charge >= 0.3 is 0 Å². The summed E-state index contributed by atoms with van der Waals surface area (Å²) in [7, 11) is 0. The van der Waals surface area contributed by atoms with Gasteiger partial charge in [-0.1, -0.05) is 48.5 Å². The first kappa shape index (κ1) is 12.1. The zero-order valence-electron chi connectivity index (χ0n) is 11.8. The van der Waals surface area contributed by atoms with E-state index in [0.717, 1.165) is 21.9 Å². The van der Waals surface area contributed by atoms with Crippen molar-refractivity contribution < 1.29 is 0 Å². The highest BCUT2D eigenvalue weighted by molar-refractivity contribution is 6.02. The Kier molecular flexibility index (Phi) is 2.71. The lowest BCUT2D eigenvalue weighted by Gasteiger charge is -2.15. The molecule has 4 aromatic rings. The van der Waals surface area contributed by atoms with E-state index in [2.05, 4.69) is 51.8 Å². The number of imidazole rings is 1. The summed E-state index contributed by atoms with van der Waals surface area (Å²) in [4.78, 5) is 8.99. The van der Waals surface area contributed by atoms with Gasteiger partial charge in [-0.05, 0) is 18.6 Å². The van der Waals surface area contributed by atoms with E-state index in [1.165, 1.54) is 5.56 Å². The summed E-state index contributed by atoms with van der Waals surface area (Å²) in [6, 6.07) is 19.0. The van der Waals surface area contributed by atoms with Crippen LogP contribution in [0.15, 0.2) is 67.1 Å². The average Bonchev–Trinajstić information content (AvgIpc) is 2.99. The van der Waals surface area contributed by atoms with Crippen LogP contribution < -0.4 is 0 Å². The Morgan fingerprint density at radius 3 is 2.48 bits per heavy atom. The normalized spacial score (nSPS) is 12.8. The molecule has 0 aliphatic rings. The second-order valence-corrected chi connectivity index (χ2v) is 5.25. The van der Waals surface area contributed by atoms with Crippen LogP contribution in [-0.4, -0.2) is 14.5 Å². The number of benzene rings is 2. The van der Waals surface area contributed by atoms with Crippen LogP contribution in [-0.2, 0) is 0 Å². The standard InChI is InChI=1S/C18H15N3/c1-13(14-7-3-2-4-8-14)21-12-20-17-11-19-16-10-6-5-9-15(16)18(17)21/h2-13H,1H3. The Balaban J connectivity index is 1.99. The summed E-state index contributed by atoms with van der Waals surface area (Å²) < 4.78 is 2.23. The number of aromatic nitrogens is 3. The Bertz CT molecular complexity index is 909. The largest absolute Gasteiger partial charge is 0.323 e. The summed E-state index contributed by atoms with van der Waals surface area (Å²) in [6.45, 7) is 2.20. The lowest BCUT2D eigenvalue weighted by Crippen LogP contribution is -2.05. The Labute approximate surface area is 122 Å². The van der Waals surface area contributed by atoms with Crippen molar-refractivity contribution in [1.29, 1.82) is 0 Å². The molecule has 0 saturated carbocycles. The van der Waals surface area contributed by atoms with Gasteiger partial charge in [0.1, 0.15) is 5.52 Å². The maximum absolute atomic E-state index is 4.52. The zero-order chi connectivity index (χ0) is 14.2. The van der Waals surface area contributed by atoms with E-state index in [0.29, 0.717) is 0 Å². The molecule has 21 heavy (non-hydrogen) atoms.